The van der Waals surface area contributed by atoms with E-state index in [0.717, 1.165) is 0 Å². The first-order valence-electron chi connectivity index (χ1n) is 5.16. The molecular weight excluding hydrogens is 178 g/mol. The molecule has 14 heavy (non-hydrogen) atoms. The molecule has 0 spiro atoms. The third-order valence-electron chi connectivity index (χ3n) is 3.45. The molecule has 4 heteroatoms. The molecule has 0 saturated heterocycles. The molecule has 0 bridgehead atoms. The molecule has 2 saturated carbocycles. The number of rotatable bonds is 2. The quantitative estimate of drug-likeness (QED) is 0.742. The van der Waals surface area contributed by atoms with Crippen LogP contribution >= 0.6 is 0 Å². The molecule has 2 unspecified atom stereocenters. The van der Waals surface area contributed by atoms with Crippen molar-refractivity contribution in [3.05, 3.63) is 12.4 Å². The summed E-state index contributed by atoms with van der Waals surface area (Å²) in [5.41, 5.74) is 0. The SMILES string of the molecule is O=C(Nc1ncc[nH]1)C1C2CCCC21. The summed E-state index contributed by atoms with van der Waals surface area (Å²) in [6.07, 6.45) is 7.13. The van der Waals surface area contributed by atoms with E-state index >= 15 is 0 Å². The number of nitrogens with zero attached hydrogens (tertiary/aromatic N) is 1. The third kappa shape index (κ3) is 1.14. The Bertz CT molecular complexity index is 336. The fourth-order valence-corrected chi connectivity index (χ4v) is 2.74. The number of carbonyl (C=O) groups excluding carboxylic acids is 1. The monoisotopic (exact) mass is 191 g/mol. The Labute approximate surface area is 82.1 Å². The molecular formula is C10H13N3O. The van der Waals surface area contributed by atoms with Gasteiger partial charge in [-0.3, -0.25) is 10.1 Å². The zero-order valence-corrected chi connectivity index (χ0v) is 7.86. The van der Waals surface area contributed by atoms with Gasteiger partial charge in [-0.2, -0.15) is 0 Å². The number of nitrogens with one attached hydrogen (secondary N) is 2. The molecule has 3 rings (SSSR count). The van der Waals surface area contributed by atoms with Crippen LogP contribution in [-0.2, 0) is 4.79 Å². The Kier molecular flexibility index (Phi) is 1.63. The van der Waals surface area contributed by atoms with E-state index < -0.39 is 0 Å². The molecule has 2 N–H and O–H groups in total. The van der Waals surface area contributed by atoms with Crippen molar-refractivity contribution in [3.8, 4) is 0 Å². The van der Waals surface area contributed by atoms with Crippen molar-refractivity contribution in [2.24, 2.45) is 17.8 Å². The summed E-state index contributed by atoms with van der Waals surface area (Å²) < 4.78 is 0. The lowest BCUT2D eigenvalue weighted by Crippen LogP contribution is -2.17. The van der Waals surface area contributed by atoms with Gasteiger partial charge < -0.3 is 4.98 Å². The fraction of sp³-hybridized carbons (Fsp3) is 0.600. The van der Waals surface area contributed by atoms with Crippen molar-refractivity contribution in [1.82, 2.24) is 9.97 Å². The second-order valence-electron chi connectivity index (χ2n) is 4.21. The summed E-state index contributed by atoms with van der Waals surface area (Å²) in [5, 5.41) is 2.81. The minimum atomic E-state index is 0.148. The number of fused-ring (bicyclic) bond motifs is 1. The van der Waals surface area contributed by atoms with Crippen LogP contribution in [0, 0.1) is 17.8 Å². The number of amides is 1. The largest absolute Gasteiger partial charge is 0.331 e. The van der Waals surface area contributed by atoms with E-state index in [1.54, 1.807) is 12.4 Å². The molecule has 4 nitrogen and oxygen atoms in total. The Balaban J connectivity index is 1.62. The van der Waals surface area contributed by atoms with Gasteiger partial charge in [-0.25, -0.2) is 4.98 Å². The number of H-pyrrole nitrogens is 1. The molecule has 1 aromatic rings. The van der Waals surface area contributed by atoms with E-state index in [1.807, 2.05) is 0 Å². The zero-order chi connectivity index (χ0) is 9.54. The van der Waals surface area contributed by atoms with Crippen LogP contribution in [0.25, 0.3) is 0 Å². The lowest BCUT2D eigenvalue weighted by Gasteiger charge is -2.02. The Morgan fingerprint density at radius 1 is 1.50 bits per heavy atom. The number of anilines is 1. The molecule has 1 amide bonds. The fourth-order valence-electron chi connectivity index (χ4n) is 2.74. The normalized spacial score (nSPS) is 33.9. The molecule has 74 valence electrons. The maximum Gasteiger partial charge on any atom is 0.230 e. The van der Waals surface area contributed by atoms with Crippen molar-refractivity contribution in [2.75, 3.05) is 5.32 Å². The summed E-state index contributed by atoms with van der Waals surface area (Å²) in [6, 6.07) is 0. The summed E-state index contributed by atoms with van der Waals surface area (Å²) in [7, 11) is 0. The number of aromatic nitrogens is 2. The van der Waals surface area contributed by atoms with Gasteiger partial charge in [0.05, 0.1) is 0 Å². The van der Waals surface area contributed by atoms with E-state index in [4.69, 9.17) is 0 Å². The molecule has 0 radical (unpaired) electrons. The number of hydrogen-bond donors (Lipinski definition) is 2. The Morgan fingerprint density at radius 2 is 2.29 bits per heavy atom. The first kappa shape index (κ1) is 8.03. The predicted molar refractivity (Wildman–Crippen MR) is 51.5 cm³/mol. The zero-order valence-electron chi connectivity index (χ0n) is 7.86. The average molecular weight is 191 g/mol. The van der Waals surface area contributed by atoms with Crippen LogP contribution in [0.2, 0.25) is 0 Å². The van der Waals surface area contributed by atoms with Gasteiger partial charge in [0.25, 0.3) is 0 Å². The van der Waals surface area contributed by atoms with Crippen molar-refractivity contribution in [2.45, 2.75) is 19.3 Å². The number of imidazole rings is 1. The highest BCUT2D eigenvalue weighted by Gasteiger charge is 2.56. The molecule has 2 atom stereocenters. The lowest BCUT2D eigenvalue weighted by atomic mass is 10.1. The van der Waals surface area contributed by atoms with Crippen LogP contribution in [0.3, 0.4) is 0 Å². The van der Waals surface area contributed by atoms with Gasteiger partial charge in [0.15, 0.2) is 0 Å². The van der Waals surface area contributed by atoms with E-state index in [0.29, 0.717) is 17.8 Å². The highest BCUT2D eigenvalue weighted by atomic mass is 16.2. The minimum Gasteiger partial charge on any atom is -0.331 e. The standard InChI is InChI=1S/C10H13N3O/c14-9(13-10-11-4-5-12-10)8-6-2-1-3-7(6)8/h4-8H,1-3H2,(H2,11,12,13,14). The second kappa shape index (κ2) is 2.83. The second-order valence-corrected chi connectivity index (χ2v) is 4.21. The molecule has 1 aromatic heterocycles. The van der Waals surface area contributed by atoms with Gasteiger partial charge in [-0.05, 0) is 24.7 Å². The Morgan fingerprint density at radius 3 is 2.93 bits per heavy atom. The summed E-state index contributed by atoms with van der Waals surface area (Å²) in [6.45, 7) is 0. The first-order chi connectivity index (χ1) is 6.86. The third-order valence-corrected chi connectivity index (χ3v) is 3.45. The van der Waals surface area contributed by atoms with Crippen molar-refractivity contribution in [1.29, 1.82) is 0 Å². The smallest absolute Gasteiger partial charge is 0.230 e. The molecule has 1 heterocycles. The van der Waals surface area contributed by atoms with Gasteiger partial charge in [-0.15, -0.1) is 0 Å². The molecule has 2 aliphatic rings. The summed E-state index contributed by atoms with van der Waals surface area (Å²) in [4.78, 5) is 18.6. The van der Waals surface area contributed by atoms with Crippen LogP contribution in [0.5, 0.6) is 0 Å². The van der Waals surface area contributed by atoms with Gasteiger partial charge in [-0.1, -0.05) is 6.42 Å². The van der Waals surface area contributed by atoms with Crippen molar-refractivity contribution >= 4 is 11.9 Å². The van der Waals surface area contributed by atoms with Gasteiger partial charge in [0.1, 0.15) is 0 Å². The summed E-state index contributed by atoms with van der Waals surface area (Å²) in [5.74, 6) is 2.33. The van der Waals surface area contributed by atoms with Gasteiger partial charge >= 0.3 is 0 Å². The molecule has 2 fully saturated rings. The average Bonchev–Trinajstić information content (AvgIpc) is 2.63. The van der Waals surface area contributed by atoms with Crippen molar-refractivity contribution in [3.63, 3.8) is 0 Å². The van der Waals surface area contributed by atoms with Gasteiger partial charge in [0, 0.05) is 18.3 Å². The maximum absolute atomic E-state index is 11.7. The van der Waals surface area contributed by atoms with Crippen LogP contribution in [0.1, 0.15) is 19.3 Å². The van der Waals surface area contributed by atoms with Crippen LogP contribution in [0.15, 0.2) is 12.4 Å². The summed E-state index contributed by atoms with van der Waals surface area (Å²) >= 11 is 0. The topological polar surface area (TPSA) is 57.8 Å². The highest BCUT2D eigenvalue weighted by Crippen LogP contribution is 2.57. The van der Waals surface area contributed by atoms with Crippen LogP contribution < -0.4 is 5.32 Å². The Hall–Kier alpha value is -1.32. The highest BCUT2D eigenvalue weighted by molar-refractivity contribution is 5.93. The minimum absolute atomic E-state index is 0.148. The van der Waals surface area contributed by atoms with E-state index in [1.165, 1.54) is 19.3 Å². The molecule has 0 aromatic carbocycles. The van der Waals surface area contributed by atoms with E-state index in [9.17, 15) is 4.79 Å². The maximum atomic E-state index is 11.7. The van der Waals surface area contributed by atoms with Crippen molar-refractivity contribution < 1.29 is 4.79 Å². The van der Waals surface area contributed by atoms with E-state index in [2.05, 4.69) is 15.3 Å². The number of carbonyl (C=O) groups is 1. The predicted octanol–water partition coefficient (Wildman–Crippen LogP) is 1.39. The lowest BCUT2D eigenvalue weighted by molar-refractivity contribution is -0.118. The van der Waals surface area contributed by atoms with Gasteiger partial charge in [0.2, 0.25) is 11.9 Å². The van der Waals surface area contributed by atoms with Crippen LogP contribution in [-0.4, -0.2) is 15.9 Å². The van der Waals surface area contributed by atoms with Crippen LogP contribution in [0.4, 0.5) is 5.95 Å². The number of hydrogen-bond acceptors (Lipinski definition) is 2. The molecule has 0 aliphatic heterocycles. The van der Waals surface area contributed by atoms with E-state index in [-0.39, 0.29) is 11.8 Å². The molecule has 2 aliphatic carbocycles. The number of aromatic amines is 1. The first-order valence-corrected chi connectivity index (χ1v) is 5.16.